The SMILES string of the molecule is NCC1(CN)C=CC(=C(c2ccc(OCCC(=O)O)cc2)c2ccc(OCCC(=O)O)cc2)C=C1. The second-order valence-corrected chi connectivity index (χ2v) is 8.17. The summed E-state index contributed by atoms with van der Waals surface area (Å²) >= 11 is 0. The van der Waals surface area contributed by atoms with Gasteiger partial charge >= 0.3 is 11.9 Å². The summed E-state index contributed by atoms with van der Waals surface area (Å²) in [5.41, 5.74) is 15.3. The first kappa shape index (κ1) is 25.7. The number of ether oxygens (including phenoxy) is 2. The maximum Gasteiger partial charge on any atom is 0.306 e. The fourth-order valence-electron chi connectivity index (χ4n) is 3.59. The topological polar surface area (TPSA) is 145 Å². The minimum Gasteiger partial charge on any atom is -0.493 e. The number of aliphatic carboxylic acids is 2. The Hall–Kier alpha value is -3.88. The highest BCUT2D eigenvalue weighted by atomic mass is 16.5. The van der Waals surface area contributed by atoms with Gasteiger partial charge in [0.2, 0.25) is 0 Å². The molecule has 0 spiro atoms. The van der Waals surface area contributed by atoms with Crippen LogP contribution in [0.3, 0.4) is 0 Å². The lowest BCUT2D eigenvalue weighted by Gasteiger charge is -2.27. The predicted octanol–water partition coefficient (Wildman–Crippen LogP) is 3.23. The van der Waals surface area contributed by atoms with Crippen molar-refractivity contribution in [1.29, 1.82) is 0 Å². The van der Waals surface area contributed by atoms with E-state index in [9.17, 15) is 9.59 Å². The van der Waals surface area contributed by atoms with Gasteiger partial charge in [0.25, 0.3) is 0 Å². The van der Waals surface area contributed by atoms with E-state index in [-0.39, 0.29) is 31.5 Å². The minimum absolute atomic E-state index is 0.0719. The van der Waals surface area contributed by atoms with E-state index in [1.165, 1.54) is 0 Å². The first-order chi connectivity index (χ1) is 16.9. The lowest BCUT2D eigenvalue weighted by molar-refractivity contribution is -0.138. The molecule has 0 bridgehead atoms. The molecular weight excluding hydrogens is 448 g/mol. The van der Waals surface area contributed by atoms with E-state index in [0.717, 1.165) is 22.3 Å². The number of hydrogen-bond acceptors (Lipinski definition) is 6. The monoisotopic (exact) mass is 478 g/mol. The molecule has 2 aromatic rings. The lowest BCUT2D eigenvalue weighted by Crippen LogP contribution is -2.35. The average molecular weight is 479 g/mol. The van der Waals surface area contributed by atoms with Crippen LogP contribution >= 0.6 is 0 Å². The van der Waals surface area contributed by atoms with Gasteiger partial charge in [-0.15, -0.1) is 0 Å². The van der Waals surface area contributed by atoms with Gasteiger partial charge in [0.1, 0.15) is 11.5 Å². The van der Waals surface area contributed by atoms with Crippen LogP contribution in [0, 0.1) is 5.41 Å². The summed E-state index contributed by atoms with van der Waals surface area (Å²) < 4.78 is 11.0. The van der Waals surface area contributed by atoms with Crippen molar-refractivity contribution in [2.24, 2.45) is 16.9 Å². The van der Waals surface area contributed by atoms with Crippen molar-refractivity contribution in [1.82, 2.24) is 0 Å². The molecule has 184 valence electrons. The Morgan fingerprint density at radius 1 is 0.714 bits per heavy atom. The van der Waals surface area contributed by atoms with Gasteiger partial charge in [0.05, 0.1) is 26.1 Å². The second kappa shape index (κ2) is 12.0. The van der Waals surface area contributed by atoms with Gasteiger partial charge in [-0.3, -0.25) is 9.59 Å². The fraction of sp³-hybridized carbons (Fsp3) is 0.259. The molecule has 0 fully saturated rings. The quantitative estimate of drug-likeness (QED) is 0.364. The first-order valence-corrected chi connectivity index (χ1v) is 11.3. The minimum atomic E-state index is -0.911. The molecule has 0 amide bonds. The maximum absolute atomic E-state index is 10.7. The third kappa shape index (κ3) is 7.05. The van der Waals surface area contributed by atoms with Crippen LogP contribution in [-0.4, -0.2) is 48.5 Å². The molecule has 1 aliphatic carbocycles. The van der Waals surface area contributed by atoms with Gasteiger partial charge in [-0.2, -0.15) is 0 Å². The summed E-state index contributed by atoms with van der Waals surface area (Å²) in [5, 5.41) is 17.6. The molecule has 1 aliphatic rings. The van der Waals surface area contributed by atoms with E-state index in [1.54, 1.807) is 24.3 Å². The van der Waals surface area contributed by atoms with E-state index in [2.05, 4.69) is 0 Å². The number of nitrogens with two attached hydrogens (primary N) is 2. The molecule has 0 unspecified atom stereocenters. The Morgan fingerprint density at radius 2 is 1.11 bits per heavy atom. The molecule has 2 aromatic carbocycles. The Kier molecular flexibility index (Phi) is 8.83. The molecule has 0 radical (unpaired) electrons. The third-order valence-electron chi connectivity index (χ3n) is 5.69. The maximum atomic E-state index is 10.7. The molecule has 35 heavy (non-hydrogen) atoms. The molecule has 0 aliphatic heterocycles. The van der Waals surface area contributed by atoms with Crippen molar-refractivity contribution >= 4 is 17.5 Å². The van der Waals surface area contributed by atoms with Crippen molar-refractivity contribution in [3.8, 4) is 11.5 Å². The number of hydrogen-bond donors (Lipinski definition) is 4. The van der Waals surface area contributed by atoms with Gasteiger partial charge in [0.15, 0.2) is 0 Å². The third-order valence-corrected chi connectivity index (χ3v) is 5.69. The van der Waals surface area contributed by atoms with E-state index >= 15 is 0 Å². The smallest absolute Gasteiger partial charge is 0.306 e. The highest BCUT2D eigenvalue weighted by Crippen LogP contribution is 2.34. The summed E-state index contributed by atoms with van der Waals surface area (Å²) in [4.78, 5) is 21.4. The zero-order valence-corrected chi connectivity index (χ0v) is 19.4. The van der Waals surface area contributed by atoms with E-state index in [4.69, 9.17) is 31.2 Å². The van der Waals surface area contributed by atoms with Crippen LogP contribution < -0.4 is 20.9 Å². The Balaban J connectivity index is 1.91. The number of carboxylic acid groups (broad SMARTS) is 2. The molecule has 0 saturated carbocycles. The molecule has 8 nitrogen and oxygen atoms in total. The summed E-state index contributed by atoms with van der Waals surface area (Å²) in [6.45, 7) is 1.00. The molecule has 3 rings (SSSR count). The number of carbonyl (C=O) groups is 2. The second-order valence-electron chi connectivity index (χ2n) is 8.17. The van der Waals surface area contributed by atoms with E-state index < -0.39 is 11.9 Å². The van der Waals surface area contributed by atoms with Crippen LogP contribution in [0.4, 0.5) is 0 Å². The van der Waals surface area contributed by atoms with Gasteiger partial charge in [-0.05, 0) is 46.5 Å². The molecule has 6 N–H and O–H groups in total. The largest absolute Gasteiger partial charge is 0.493 e. The standard InChI is InChI=1S/C27H30N2O6/c28-17-27(18-29)13-9-21(10-14-27)26(19-1-5-22(6-2-19)34-15-11-24(30)31)20-3-7-23(8-4-20)35-16-12-25(32)33/h1-10,13-14H,11-12,15-18,28-29H2,(H,30,31)(H,32,33). The van der Waals surface area contributed by atoms with Crippen LogP contribution in [0.25, 0.3) is 5.57 Å². The molecule has 0 atom stereocenters. The van der Waals surface area contributed by atoms with Crippen molar-refractivity contribution in [2.45, 2.75) is 12.8 Å². The molecular formula is C27H30N2O6. The molecule has 0 saturated heterocycles. The number of benzene rings is 2. The Labute approximate surface area is 204 Å². The first-order valence-electron chi connectivity index (χ1n) is 11.3. The van der Waals surface area contributed by atoms with E-state index in [1.807, 2.05) is 48.6 Å². The van der Waals surface area contributed by atoms with Gasteiger partial charge < -0.3 is 31.2 Å². The van der Waals surface area contributed by atoms with Gasteiger partial charge in [-0.1, -0.05) is 48.6 Å². The highest BCUT2D eigenvalue weighted by Gasteiger charge is 2.23. The van der Waals surface area contributed by atoms with Crippen molar-refractivity contribution < 1.29 is 29.3 Å². The molecule has 0 heterocycles. The summed E-state index contributed by atoms with van der Waals surface area (Å²) in [5.74, 6) is -0.653. The number of rotatable bonds is 12. The average Bonchev–Trinajstić information content (AvgIpc) is 2.86. The van der Waals surface area contributed by atoms with Crippen molar-refractivity contribution in [3.05, 3.63) is 89.5 Å². The van der Waals surface area contributed by atoms with Crippen molar-refractivity contribution in [3.63, 3.8) is 0 Å². The van der Waals surface area contributed by atoms with Crippen LogP contribution in [0.5, 0.6) is 11.5 Å². The van der Waals surface area contributed by atoms with Crippen molar-refractivity contribution in [2.75, 3.05) is 26.3 Å². The summed E-state index contributed by atoms with van der Waals surface area (Å²) in [6, 6.07) is 14.9. The Bertz CT molecular complexity index is 1030. The fourth-order valence-corrected chi connectivity index (χ4v) is 3.59. The number of allylic oxidation sites excluding steroid dienone is 3. The van der Waals surface area contributed by atoms with Crippen LogP contribution in [0.1, 0.15) is 24.0 Å². The van der Waals surface area contributed by atoms with E-state index in [0.29, 0.717) is 24.6 Å². The van der Waals surface area contributed by atoms with Gasteiger partial charge in [0, 0.05) is 18.5 Å². The highest BCUT2D eigenvalue weighted by molar-refractivity contribution is 5.86. The molecule has 0 aromatic heterocycles. The summed E-state index contributed by atoms with van der Waals surface area (Å²) in [6.07, 6.45) is 7.94. The zero-order chi connectivity index (χ0) is 25.3. The normalized spacial score (nSPS) is 13.9. The zero-order valence-electron chi connectivity index (χ0n) is 19.4. The number of carboxylic acids is 2. The molecule has 8 heteroatoms. The Morgan fingerprint density at radius 3 is 1.46 bits per heavy atom. The van der Waals surface area contributed by atoms with Gasteiger partial charge in [-0.25, -0.2) is 0 Å². The van der Waals surface area contributed by atoms with Crippen LogP contribution in [0.2, 0.25) is 0 Å². The summed E-state index contributed by atoms with van der Waals surface area (Å²) in [7, 11) is 0. The van der Waals surface area contributed by atoms with Crippen LogP contribution in [-0.2, 0) is 9.59 Å². The lowest BCUT2D eigenvalue weighted by atomic mass is 9.81. The predicted molar refractivity (Wildman–Crippen MR) is 133 cm³/mol. The van der Waals surface area contributed by atoms with Crippen LogP contribution in [0.15, 0.2) is 78.4 Å².